The first kappa shape index (κ1) is 11.1. The van der Waals surface area contributed by atoms with Crippen molar-refractivity contribution in [1.29, 1.82) is 0 Å². The molecule has 5 heteroatoms. The van der Waals surface area contributed by atoms with Gasteiger partial charge >= 0.3 is 0 Å². The van der Waals surface area contributed by atoms with Gasteiger partial charge in [-0.1, -0.05) is 19.1 Å². The molecule has 3 nitrogen and oxygen atoms in total. The van der Waals surface area contributed by atoms with Crippen LogP contribution in [-0.2, 0) is 10.8 Å². The van der Waals surface area contributed by atoms with Crippen LogP contribution in [0.25, 0.3) is 0 Å². The van der Waals surface area contributed by atoms with Crippen molar-refractivity contribution in [2.75, 3.05) is 24.6 Å². The molecule has 1 aliphatic rings. The first-order valence-corrected chi connectivity index (χ1v) is 6.43. The molecule has 0 aromatic heterocycles. The molecular formula is C8H16N2OS2. The Morgan fingerprint density at radius 1 is 1.62 bits per heavy atom. The zero-order valence-corrected chi connectivity index (χ0v) is 9.50. The third kappa shape index (κ3) is 3.00. The SMILES string of the molecule is CCC(C(N)=S)N1CCS(=O)CC1. The van der Waals surface area contributed by atoms with E-state index in [-0.39, 0.29) is 6.04 Å². The average Bonchev–Trinajstić information content (AvgIpc) is 2.09. The molecule has 1 heterocycles. The van der Waals surface area contributed by atoms with E-state index in [1.165, 1.54) is 0 Å². The van der Waals surface area contributed by atoms with Crippen molar-refractivity contribution in [1.82, 2.24) is 4.90 Å². The lowest BCUT2D eigenvalue weighted by molar-refractivity contribution is 0.260. The molecule has 0 saturated carbocycles. The highest BCUT2D eigenvalue weighted by molar-refractivity contribution is 7.85. The predicted octanol–water partition coefficient (Wildman–Crippen LogP) is 0.115. The van der Waals surface area contributed by atoms with E-state index in [0.717, 1.165) is 31.0 Å². The van der Waals surface area contributed by atoms with Gasteiger partial charge in [0.2, 0.25) is 0 Å². The Morgan fingerprint density at radius 2 is 2.15 bits per heavy atom. The van der Waals surface area contributed by atoms with Gasteiger partial charge in [0.15, 0.2) is 0 Å². The summed E-state index contributed by atoms with van der Waals surface area (Å²) >= 11 is 4.99. The largest absolute Gasteiger partial charge is 0.392 e. The zero-order valence-electron chi connectivity index (χ0n) is 7.86. The molecule has 13 heavy (non-hydrogen) atoms. The molecular weight excluding hydrogens is 204 g/mol. The van der Waals surface area contributed by atoms with Crippen molar-refractivity contribution in [2.24, 2.45) is 5.73 Å². The summed E-state index contributed by atoms with van der Waals surface area (Å²) in [5.74, 6) is 1.53. The second-order valence-corrected chi connectivity index (χ2v) is 5.38. The maximum Gasteiger partial charge on any atom is 0.0901 e. The zero-order chi connectivity index (χ0) is 9.84. The van der Waals surface area contributed by atoms with Gasteiger partial charge in [-0.05, 0) is 6.42 Å². The Balaban J connectivity index is 2.50. The van der Waals surface area contributed by atoms with E-state index in [4.69, 9.17) is 18.0 Å². The fourth-order valence-electron chi connectivity index (χ4n) is 1.60. The Bertz CT molecular complexity index is 210. The molecule has 0 aliphatic carbocycles. The molecule has 0 bridgehead atoms. The van der Waals surface area contributed by atoms with Crippen LogP contribution in [0.1, 0.15) is 13.3 Å². The van der Waals surface area contributed by atoms with Crippen LogP contribution in [0.4, 0.5) is 0 Å². The third-order valence-corrected chi connectivity index (χ3v) is 3.92. The summed E-state index contributed by atoms with van der Waals surface area (Å²) in [5.41, 5.74) is 5.63. The highest BCUT2D eigenvalue weighted by atomic mass is 32.2. The number of nitrogens with zero attached hydrogens (tertiary/aromatic N) is 1. The van der Waals surface area contributed by atoms with Gasteiger partial charge in [-0.25, -0.2) is 0 Å². The van der Waals surface area contributed by atoms with Crippen LogP contribution in [0.15, 0.2) is 0 Å². The first-order chi connectivity index (χ1) is 6.15. The average molecular weight is 220 g/mol. The topological polar surface area (TPSA) is 46.3 Å². The minimum atomic E-state index is -0.618. The van der Waals surface area contributed by atoms with Crippen LogP contribution < -0.4 is 5.73 Å². The lowest BCUT2D eigenvalue weighted by Crippen LogP contribution is -2.49. The van der Waals surface area contributed by atoms with Gasteiger partial charge in [0.05, 0.1) is 11.0 Å². The normalized spacial score (nSPS) is 22.8. The second-order valence-electron chi connectivity index (χ2n) is 3.21. The highest BCUT2D eigenvalue weighted by Crippen LogP contribution is 2.08. The molecule has 76 valence electrons. The lowest BCUT2D eigenvalue weighted by Gasteiger charge is -2.32. The molecule has 1 aliphatic heterocycles. The Labute approximate surface area is 87.1 Å². The van der Waals surface area contributed by atoms with Gasteiger partial charge < -0.3 is 5.73 Å². The van der Waals surface area contributed by atoms with Crippen LogP contribution in [0.2, 0.25) is 0 Å². The van der Waals surface area contributed by atoms with Gasteiger partial charge in [-0.15, -0.1) is 0 Å². The number of rotatable bonds is 3. The summed E-state index contributed by atoms with van der Waals surface area (Å²) in [7, 11) is -0.618. The standard InChI is InChI=1S/C8H16N2OS2/c1-2-7(8(9)12)10-3-5-13(11)6-4-10/h7H,2-6H2,1H3,(H2,9,12). The van der Waals surface area contributed by atoms with E-state index >= 15 is 0 Å². The van der Waals surface area contributed by atoms with Crippen LogP contribution in [0.3, 0.4) is 0 Å². The monoisotopic (exact) mass is 220 g/mol. The maximum absolute atomic E-state index is 11.1. The maximum atomic E-state index is 11.1. The Morgan fingerprint density at radius 3 is 2.54 bits per heavy atom. The minimum Gasteiger partial charge on any atom is -0.392 e. The van der Waals surface area contributed by atoms with Crippen molar-refractivity contribution in [3.05, 3.63) is 0 Å². The molecule has 1 atom stereocenters. The van der Waals surface area contributed by atoms with Gasteiger partial charge in [0, 0.05) is 35.4 Å². The summed E-state index contributed by atoms with van der Waals surface area (Å²) in [6, 6.07) is 0.201. The fraction of sp³-hybridized carbons (Fsp3) is 0.875. The fourth-order valence-corrected chi connectivity index (χ4v) is 3.00. The van der Waals surface area contributed by atoms with E-state index in [1.807, 2.05) is 0 Å². The van der Waals surface area contributed by atoms with Crippen molar-refractivity contribution >= 4 is 28.0 Å². The summed E-state index contributed by atoms with van der Waals surface area (Å²) in [4.78, 5) is 2.80. The molecule has 1 saturated heterocycles. The number of thiocarbonyl (C=S) groups is 1. The van der Waals surface area contributed by atoms with Gasteiger partial charge in [-0.3, -0.25) is 9.11 Å². The van der Waals surface area contributed by atoms with Crippen molar-refractivity contribution in [2.45, 2.75) is 19.4 Å². The van der Waals surface area contributed by atoms with E-state index in [0.29, 0.717) is 4.99 Å². The van der Waals surface area contributed by atoms with E-state index in [2.05, 4.69) is 11.8 Å². The smallest absolute Gasteiger partial charge is 0.0901 e. The third-order valence-electron chi connectivity index (χ3n) is 2.37. The summed E-state index contributed by atoms with van der Waals surface area (Å²) in [6.45, 7) is 3.81. The van der Waals surface area contributed by atoms with Gasteiger partial charge in [0.25, 0.3) is 0 Å². The molecule has 1 rings (SSSR count). The summed E-state index contributed by atoms with van der Waals surface area (Å²) in [6.07, 6.45) is 0.946. The lowest BCUT2D eigenvalue weighted by atomic mass is 10.2. The van der Waals surface area contributed by atoms with E-state index < -0.39 is 10.8 Å². The molecule has 2 N–H and O–H groups in total. The van der Waals surface area contributed by atoms with Gasteiger partial charge in [0.1, 0.15) is 0 Å². The van der Waals surface area contributed by atoms with Crippen molar-refractivity contribution in [3.63, 3.8) is 0 Å². The second kappa shape index (κ2) is 5.02. The van der Waals surface area contributed by atoms with Crippen LogP contribution in [0.5, 0.6) is 0 Å². The summed E-state index contributed by atoms with van der Waals surface area (Å²) < 4.78 is 11.1. The van der Waals surface area contributed by atoms with Crippen molar-refractivity contribution < 1.29 is 4.21 Å². The van der Waals surface area contributed by atoms with Crippen LogP contribution in [-0.4, -0.2) is 44.7 Å². The molecule has 1 unspecified atom stereocenters. The highest BCUT2D eigenvalue weighted by Gasteiger charge is 2.23. The molecule has 1 fully saturated rings. The number of hydrogen-bond donors (Lipinski definition) is 1. The quantitative estimate of drug-likeness (QED) is 0.686. The predicted molar refractivity (Wildman–Crippen MR) is 60.3 cm³/mol. The Hall–Kier alpha value is -0.0000000000000000555. The summed E-state index contributed by atoms with van der Waals surface area (Å²) in [5, 5.41) is 0. The van der Waals surface area contributed by atoms with E-state index in [1.54, 1.807) is 0 Å². The number of hydrogen-bond acceptors (Lipinski definition) is 3. The van der Waals surface area contributed by atoms with Crippen LogP contribution in [0, 0.1) is 0 Å². The molecule has 0 aromatic rings. The molecule has 0 amide bonds. The Kier molecular flexibility index (Phi) is 4.28. The minimum absolute atomic E-state index is 0.201. The molecule has 0 spiro atoms. The first-order valence-electron chi connectivity index (χ1n) is 4.53. The van der Waals surface area contributed by atoms with E-state index in [9.17, 15) is 4.21 Å². The molecule has 0 aromatic carbocycles. The van der Waals surface area contributed by atoms with Crippen molar-refractivity contribution in [3.8, 4) is 0 Å². The van der Waals surface area contributed by atoms with Crippen LogP contribution >= 0.6 is 12.2 Å². The number of nitrogens with two attached hydrogens (primary N) is 1. The molecule has 0 radical (unpaired) electrons. The van der Waals surface area contributed by atoms with Gasteiger partial charge in [-0.2, -0.15) is 0 Å².